The normalized spacial score (nSPS) is 26.7. The Kier molecular flexibility index (Phi) is 4.10. The lowest BCUT2D eigenvalue weighted by Gasteiger charge is -2.24. The van der Waals surface area contributed by atoms with E-state index in [4.69, 9.17) is 0 Å². The molecule has 0 amide bonds. The number of hydrogen-bond donors (Lipinski definition) is 2. The van der Waals surface area contributed by atoms with E-state index in [1.807, 2.05) is 12.1 Å². The number of nitrogens with zero attached hydrogens (tertiary/aromatic N) is 2. The molecule has 0 saturated carbocycles. The van der Waals surface area contributed by atoms with Gasteiger partial charge in [-0.2, -0.15) is 0 Å². The molecule has 1 fully saturated rings. The first kappa shape index (κ1) is 12.5. The Morgan fingerprint density at radius 3 is 2.71 bits per heavy atom. The molecule has 2 N–H and O–H groups in total. The lowest BCUT2D eigenvalue weighted by atomic mass is 9.96. The SMILES string of the molecule is OC[C@]1(O)CCCN(Cc2ccncc2)CC1. The summed E-state index contributed by atoms with van der Waals surface area (Å²) in [6.45, 7) is 2.57. The van der Waals surface area contributed by atoms with Crippen LogP contribution in [0.3, 0.4) is 0 Å². The van der Waals surface area contributed by atoms with E-state index >= 15 is 0 Å². The molecule has 1 aliphatic rings. The van der Waals surface area contributed by atoms with Crippen molar-refractivity contribution in [1.29, 1.82) is 0 Å². The molecule has 2 rings (SSSR count). The predicted octanol–water partition coefficient (Wildman–Crippen LogP) is 0.791. The second-order valence-electron chi connectivity index (χ2n) is 4.87. The number of hydrogen-bond acceptors (Lipinski definition) is 4. The van der Waals surface area contributed by atoms with E-state index in [-0.39, 0.29) is 6.61 Å². The molecule has 0 spiro atoms. The van der Waals surface area contributed by atoms with Gasteiger partial charge >= 0.3 is 0 Å². The van der Waals surface area contributed by atoms with E-state index in [2.05, 4.69) is 9.88 Å². The topological polar surface area (TPSA) is 56.6 Å². The highest BCUT2D eigenvalue weighted by atomic mass is 16.3. The Labute approximate surface area is 102 Å². The molecule has 1 aliphatic heterocycles. The van der Waals surface area contributed by atoms with Crippen LogP contribution in [0.5, 0.6) is 0 Å². The molecule has 1 aromatic heterocycles. The average molecular weight is 236 g/mol. The first-order chi connectivity index (χ1) is 8.22. The maximum absolute atomic E-state index is 10.1. The van der Waals surface area contributed by atoms with Crippen molar-refractivity contribution < 1.29 is 10.2 Å². The Morgan fingerprint density at radius 2 is 2.00 bits per heavy atom. The number of aliphatic hydroxyl groups excluding tert-OH is 1. The molecular weight excluding hydrogens is 216 g/mol. The van der Waals surface area contributed by atoms with Crippen LogP contribution < -0.4 is 0 Å². The second kappa shape index (κ2) is 5.58. The van der Waals surface area contributed by atoms with Gasteiger partial charge in [0.05, 0.1) is 12.2 Å². The molecule has 1 atom stereocenters. The minimum absolute atomic E-state index is 0.129. The molecule has 1 saturated heterocycles. The van der Waals surface area contributed by atoms with Crippen molar-refractivity contribution in [1.82, 2.24) is 9.88 Å². The van der Waals surface area contributed by atoms with Crippen LogP contribution in [0.15, 0.2) is 24.5 Å². The molecule has 17 heavy (non-hydrogen) atoms. The van der Waals surface area contributed by atoms with Gasteiger partial charge < -0.3 is 10.2 Å². The summed E-state index contributed by atoms with van der Waals surface area (Å²) >= 11 is 0. The molecular formula is C13H20N2O2. The van der Waals surface area contributed by atoms with Crippen molar-refractivity contribution in [2.75, 3.05) is 19.7 Å². The fourth-order valence-corrected chi connectivity index (χ4v) is 2.30. The molecule has 0 radical (unpaired) electrons. The Hall–Kier alpha value is -0.970. The van der Waals surface area contributed by atoms with Crippen molar-refractivity contribution in [3.63, 3.8) is 0 Å². The van der Waals surface area contributed by atoms with Crippen LogP contribution in [-0.4, -0.2) is 45.4 Å². The van der Waals surface area contributed by atoms with Gasteiger partial charge in [-0.25, -0.2) is 0 Å². The summed E-state index contributed by atoms with van der Waals surface area (Å²) in [5.74, 6) is 0. The monoisotopic (exact) mass is 236 g/mol. The highest BCUT2D eigenvalue weighted by Crippen LogP contribution is 2.22. The van der Waals surface area contributed by atoms with Crippen molar-refractivity contribution in [2.24, 2.45) is 0 Å². The van der Waals surface area contributed by atoms with E-state index in [9.17, 15) is 10.2 Å². The second-order valence-corrected chi connectivity index (χ2v) is 4.87. The number of rotatable bonds is 3. The molecule has 0 unspecified atom stereocenters. The highest BCUT2D eigenvalue weighted by molar-refractivity contribution is 5.09. The van der Waals surface area contributed by atoms with Gasteiger partial charge in [-0.15, -0.1) is 0 Å². The summed E-state index contributed by atoms with van der Waals surface area (Å²) in [6.07, 6.45) is 5.88. The third-order valence-electron chi connectivity index (χ3n) is 3.46. The number of likely N-dealkylation sites (tertiary alicyclic amines) is 1. The van der Waals surface area contributed by atoms with E-state index in [0.29, 0.717) is 12.8 Å². The van der Waals surface area contributed by atoms with Gasteiger partial charge in [0.1, 0.15) is 0 Å². The molecule has 0 aromatic carbocycles. The van der Waals surface area contributed by atoms with Gasteiger partial charge in [-0.05, 0) is 43.5 Å². The van der Waals surface area contributed by atoms with Crippen molar-refractivity contribution in [2.45, 2.75) is 31.4 Å². The quantitative estimate of drug-likeness (QED) is 0.814. The first-order valence-electron chi connectivity index (χ1n) is 6.16. The summed E-state index contributed by atoms with van der Waals surface area (Å²) in [7, 11) is 0. The van der Waals surface area contributed by atoms with Gasteiger partial charge in [-0.1, -0.05) is 0 Å². The van der Waals surface area contributed by atoms with E-state index in [1.165, 1.54) is 5.56 Å². The number of pyridine rings is 1. The smallest absolute Gasteiger partial charge is 0.0890 e. The molecule has 94 valence electrons. The summed E-state index contributed by atoms with van der Waals surface area (Å²) in [4.78, 5) is 6.32. The first-order valence-corrected chi connectivity index (χ1v) is 6.16. The van der Waals surface area contributed by atoms with Gasteiger partial charge in [0, 0.05) is 25.5 Å². The summed E-state index contributed by atoms with van der Waals surface area (Å²) in [5, 5.41) is 19.2. The highest BCUT2D eigenvalue weighted by Gasteiger charge is 2.29. The largest absolute Gasteiger partial charge is 0.393 e. The minimum Gasteiger partial charge on any atom is -0.393 e. The summed E-state index contributed by atoms with van der Waals surface area (Å²) in [5.41, 5.74) is 0.377. The van der Waals surface area contributed by atoms with Crippen LogP contribution in [0, 0.1) is 0 Å². The average Bonchev–Trinajstić information content (AvgIpc) is 2.54. The summed E-state index contributed by atoms with van der Waals surface area (Å²) in [6, 6.07) is 4.03. The Balaban J connectivity index is 1.91. The van der Waals surface area contributed by atoms with Crippen molar-refractivity contribution in [3.8, 4) is 0 Å². The molecule has 0 bridgehead atoms. The maximum Gasteiger partial charge on any atom is 0.0890 e. The van der Waals surface area contributed by atoms with Gasteiger partial charge in [0.25, 0.3) is 0 Å². The summed E-state index contributed by atoms with van der Waals surface area (Å²) < 4.78 is 0. The van der Waals surface area contributed by atoms with Gasteiger partial charge in [0.15, 0.2) is 0 Å². The van der Waals surface area contributed by atoms with Crippen LogP contribution >= 0.6 is 0 Å². The van der Waals surface area contributed by atoms with E-state index in [1.54, 1.807) is 12.4 Å². The lowest BCUT2D eigenvalue weighted by molar-refractivity contribution is -0.0255. The standard InChI is InChI=1S/C13H20N2O2/c16-11-13(17)4-1-8-15(9-5-13)10-12-2-6-14-7-3-12/h2-3,6-7,16-17H,1,4-5,8-11H2/t13-/m0/s1. The van der Waals surface area contributed by atoms with Crippen LogP contribution in [-0.2, 0) is 6.54 Å². The Morgan fingerprint density at radius 1 is 1.24 bits per heavy atom. The fraction of sp³-hybridized carbons (Fsp3) is 0.615. The van der Waals surface area contributed by atoms with Crippen LogP contribution in [0.1, 0.15) is 24.8 Å². The van der Waals surface area contributed by atoms with Crippen LogP contribution in [0.25, 0.3) is 0 Å². The molecule has 0 aliphatic carbocycles. The third-order valence-corrected chi connectivity index (χ3v) is 3.46. The van der Waals surface area contributed by atoms with Gasteiger partial charge in [-0.3, -0.25) is 9.88 Å². The van der Waals surface area contributed by atoms with E-state index in [0.717, 1.165) is 26.1 Å². The zero-order valence-electron chi connectivity index (χ0n) is 10.0. The van der Waals surface area contributed by atoms with E-state index < -0.39 is 5.60 Å². The van der Waals surface area contributed by atoms with Crippen LogP contribution in [0.2, 0.25) is 0 Å². The van der Waals surface area contributed by atoms with Crippen molar-refractivity contribution in [3.05, 3.63) is 30.1 Å². The zero-order chi connectivity index (χ0) is 12.1. The van der Waals surface area contributed by atoms with Gasteiger partial charge in [0.2, 0.25) is 0 Å². The fourth-order valence-electron chi connectivity index (χ4n) is 2.30. The predicted molar refractivity (Wildman–Crippen MR) is 65.4 cm³/mol. The molecule has 1 aromatic rings. The minimum atomic E-state index is -0.868. The molecule has 2 heterocycles. The third kappa shape index (κ3) is 3.49. The van der Waals surface area contributed by atoms with Crippen LogP contribution in [0.4, 0.5) is 0 Å². The van der Waals surface area contributed by atoms with Crippen molar-refractivity contribution >= 4 is 0 Å². The lowest BCUT2D eigenvalue weighted by Crippen LogP contribution is -2.34. The molecule has 4 heteroatoms. The Bertz CT molecular complexity index is 345. The zero-order valence-corrected chi connectivity index (χ0v) is 10.0. The molecule has 4 nitrogen and oxygen atoms in total. The maximum atomic E-state index is 10.1. The number of aromatic nitrogens is 1. The number of aliphatic hydroxyl groups is 2.